The molecule has 1 saturated heterocycles. The van der Waals surface area contributed by atoms with Crippen LogP contribution in [0.4, 0.5) is 0 Å². The second kappa shape index (κ2) is 12.1. The maximum Gasteiger partial charge on any atom is 0.191 e. The zero-order valence-corrected chi connectivity index (χ0v) is 16.1. The molecule has 2 N–H and O–H groups in total. The highest BCUT2D eigenvalue weighted by molar-refractivity contribution is 14.0. The molecule has 1 heterocycles. The molecule has 1 fully saturated rings. The first-order chi connectivity index (χ1) is 10.4. The first-order valence-electron chi connectivity index (χ1n) is 8.31. The Morgan fingerprint density at radius 2 is 2.00 bits per heavy atom. The lowest BCUT2D eigenvalue weighted by Crippen LogP contribution is -2.44. The van der Waals surface area contributed by atoms with Gasteiger partial charge in [0.15, 0.2) is 5.96 Å². The first-order valence-corrected chi connectivity index (χ1v) is 8.31. The molecule has 1 aliphatic carbocycles. The maximum atomic E-state index is 5.36. The van der Waals surface area contributed by atoms with E-state index in [9.17, 15) is 0 Å². The third-order valence-corrected chi connectivity index (χ3v) is 4.17. The molecule has 1 aliphatic heterocycles. The van der Waals surface area contributed by atoms with Gasteiger partial charge in [-0.2, -0.15) is 0 Å². The zero-order valence-electron chi connectivity index (χ0n) is 13.8. The van der Waals surface area contributed by atoms with E-state index in [1.54, 1.807) is 5.57 Å². The van der Waals surface area contributed by atoms with Crippen LogP contribution in [0.5, 0.6) is 0 Å². The van der Waals surface area contributed by atoms with Gasteiger partial charge in [-0.1, -0.05) is 11.6 Å². The van der Waals surface area contributed by atoms with Crippen molar-refractivity contribution >= 4 is 29.9 Å². The Morgan fingerprint density at radius 3 is 2.68 bits per heavy atom. The summed E-state index contributed by atoms with van der Waals surface area (Å²) < 4.78 is 5.36. The van der Waals surface area contributed by atoms with Crippen LogP contribution in [0.25, 0.3) is 0 Å². The van der Waals surface area contributed by atoms with E-state index in [1.807, 2.05) is 7.05 Å². The summed E-state index contributed by atoms with van der Waals surface area (Å²) in [7, 11) is 1.84. The van der Waals surface area contributed by atoms with E-state index >= 15 is 0 Å². The minimum Gasteiger partial charge on any atom is -0.379 e. The van der Waals surface area contributed by atoms with Crippen LogP contribution in [-0.2, 0) is 4.74 Å². The van der Waals surface area contributed by atoms with Crippen LogP contribution in [0.3, 0.4) is 0 Å². The quantitative estimate of drug-likeness (QED) is 0.298. The molecule has 0 bridgehead atoms. The van der Waals surface area contributed by atoms with Crippen molar-refractivity contribution < 1.29 is 4.74 Å². The fourth-order valence-corrected chi connectivity index (χ4v) is 2.85. The number of hydrogen-bond acceptors (Lipinski definition) is 3. The summed E-state index contributed by atoms with van der Waals surface area (Å²) in [6, 6.07) is 0. The third-order valence-electron chi connectivity index (χ3n) is 4.17. The Balaban J connectivity index is 0.00000242. The van der Waals surface area contributed by atoms with Gasteiger partial charge in [0.2, 0.25) is 0 Å². The van der Waals surface area contributed by atoms with Gasteiger partial charge in [0.1, 0.15) is 0 Å². The molecule has 22 heavy (non-hydrogen) atoms. The number of morpholine rings is 1. The second-order valence-electron chi connectivity index (χ2n) is 5.74. The molecule has 0 unspecified atom stereocenters. The highest BCUT2D eigenvalue weighted by Gasteiger charge is 2.09. The Morgan fingerprint density at radius 1 is 1.23 bits per heavy atom. The fourth-order valence-electron chi connectivity index (χ4n) is 2.85. The molecule has 0 spiro atoms. The van der Waals surface area contributed by atoms with Crippen LogP contribution in [-0.4, -0.2) is 63.8 Å². The lowest BCUT2D eigenvalue weighted by Gasteiger charge is -2.26. The molecule has 0 amide bonds. The van der Waals surface area contributed by atoms with Crippen molar-refractivity contribution in [3.63, 3.8) is 0 Å². The number of hydrogen-bond donors (Lipinski definition) is 2. The van der Waals surface area contributed by atoms with Crippen molar-refractivity contribution in [1.82, 2.24) is 15.5 Å². The van der Waals surface area contributed by atoms with Gasteiger partial charge in [-0.3, -0.25) is 9.89 Å². The molecule has 0 aromatic rings. The summed E-state index contributed by atoms with van der Waals surface area (Å²) in [6.45, 7) is 6.77. The van der Waals surface area contributed by atoms with Crippen molar-refractivity contribution in [1.29, 1.82) is 0 Å². The number of allylic oxidation sites excluding steroid dienone is 1. The van der Waals surface area contributed by atoms with E-state index in [1.165, 1.54) is 25.7 Å². The van der Waals surface area contributed by atoms with Crippen LogP contribution in [0.1, 0.15) is 32.1 Å². The van der Waals surface area contributed by atoms with E-state index in [-0.39, 0.29) is 24.0 Å². The largest absolute Gasteiger partial charge is 0.379 e. The van der Waals surface area contributed by atoms with Crippen LogP contribution < -0.4 is 10.6 Å². The molecular weight excluding hydrogens is 391 g/mol. The Bertz CT molecular complexity index is 354. The van der Waals surface area contributed by atoms with E-state index in [0.29, 0.717) is 0 Å². The summed E-state index contributed by atoms with van der Waals surface area (Å²) in [5.74, 6) is 0.916. The highest BCUT2D eigenvalue weighted by atomic mass is 127. The topological polar surface area (TPSA) is 48.9 Å². The van der Waals surface area contributed by atoms with E-state index in [4.69, 9.17) is 4.74 Å². The molecule has 2 aliphatic rings. The monoisotopic (exact) mass is 422 g/mol. The average Bonchev–Trinajstić information content (AvgIpc) is 2.55. The Labute approximate surface area is 152 Å². The smallest absolute Gasteiger partial charge is 0.191 e. The number of guanidine groups is 1. The van der Waals surface area contributed by atoms with Crippen molar-refractivity contribution in [2.75, 3.05) is 53.0 Å². The van der Waals surface area contributed by atoms with Gasteiger partial charge in [-0.15, -0.1) is 24.0 Å². The molecular formula is C16H31IN4O. The number of nitrogens with zero attached hydrogens (tertiary/aromatic N) is 2. The summed E-state index contributed by atoms with van der Waals surface area (Å²) in [5, 5.41) is 6.80. The highest BCUT2D eigenvalue weighted by Crippen LogP contribution is 2.19. The maximum absolute atomic E-state index is 5.36. The summed E-state index contributed by atoms with van der Waals surface area (Å²) in [6.07, 6.45) is 8.83. The molecule has 2 rings (SSSR count). The Hall–Kier alpha value is -0.340. The summed E-state index contributed by atoms with van der Waals surface area (Å²) >= 11 is 0. The fraction of sp³-hybridized carbons (Fsp3) is 0.812. The molecule has 0 aromatic carbocycles. The van der Waals surface area contributed by atoms with Gasteiger partial charge in [-0.05, 0) is 32.1 Å². The predicted molar refractivity (Wildman–Crippen MR) is 103 cm³/mol. The standard InChI is InChI=1S/C16H30N4O.HI/c1-17-16(18-8-7-15-5-3-2-4-6-15)19-9-10-20-11-13-21-14-12-20;/h5H,2-4,6-14H2,1H3,(H2,17,18,19);1H. The molecule has 0 saturated carbocycles. The van der Waals surface area contributed by atoms with Gasteiger partial charge >= 0.3 is 0 Å². The van der Waals surface area contributed by atoms with Crippen molar-refractivity contribution in [2.45, 2.75) is 32.1 Å². The molecule has 128 valence electrons. The second-order valence-corrected chi connectivity index (χ2v) is 5.74. The minimum absolute atomic E-state index is 0. The van der Waals surface area contributed by atoms with Crippen LogP contribution in [0.15, 0.2) is 16.6 Å². The Kier molecular flexibility index (Phi) is 10.9. The lowest BCUT2D eigenvalue weighted by molar-refractivity contribution is 0.0389. The average molecular weight is 422 g/mol. The van der Waals surface area contributed by atoms with Crippen LogP contribution in [0, 0.1) is 0 Å². The molecule has 0 atom stereocenters. The van der Waals surface area contributed by atoms with Crippen molar-refractivity contribution in [2.24, 2.45) is 4.99 Å². The van der Waals surface area contributed by atoms with Gasteiger partial charge < -0.3 is 15.4 Å². The van der Waals surface area contributed by atoms with Gasteiger partial charge in [-0.25, -0.2) is 0 Å². The number of rotatable bonds is 6. The normalized spacial score (nSPS) is 20.0. The minimum atomic E-state index is 0. The molecule has 0 aromatic heterocycles. The SMILES string of the molecule is CN=C(NCCC1=CCCCC1)NCCN1CCOCC1.I. The molecule has 0 radical (unpaired) electrons. The van der Waals surface area contributed by atoms with Crippen LogP contribution in [0.2, 0.25) is 0 Å². The van der Waals surface area contributed by atoms with Gasteiger partial charge in [0.25, 0.3) is 0 Å². The predicted octanol–water partition coefficient (Wildman–Crippen LogP) is 1.99. The molecule has 6 heteroatoms. The zero-order chi connectivity index (χ0) is 14.8. The summed E-state index contributed by atoms with van der Waals surface area (Å²) in [4.78, 5) is 6.71. The van der Waals surface area contributed by atoms with E-state index in [2.05, 4.69) is 26.6 Å². The first kappa shape index (κ1) is 19.7. The van der Waals surface area contributed by atoms with Crippen molar-refractivity contribution in [3.05, 3.63) is 11.6 Å². The third kappa shape index (κ3) is 7.78. The number of ether oxygens (including phenoxy) is 1. The van der Waals surface area contributed by atoms with Crippen molar-refractivity contribution in [3.8, 4) is 0 Å². The summed E-state index contributed by atoms with van der Waals surface area (Å²) in [5.41, 5.74) is 1.61. The van der Waals surface area contributed by atoms with Gasteiger partial charge in [0, 0.05) is 39.8 Å². The number of halogens is 1. The lowest BCUT2D eigenvalue weighted by atomic mass is 9.97. The van der Waals surface area contributed by atoms with Crippen LogP contribution >= 0.6 is 24.0 Å². The number of nitrogens with one attached hydrogen (secondary N) is 2. The number of aliphatic imine (C=N–C) groups is 1. The molecule has 5 nitrogen and oxygen atoms in total. The van der Waals surface area contributed by atoms with E-state index in [0.717, 1.165) is 58.3 Å². The van der Waals surface area contributed by atoms with E-state index < -0.39 is 0 Å². The van der Waals surface area contributed by atoms with Gasteiger partial charge in [0.05, 0.1) is 13.2 Å².